The summed E-state index contributed by atoms with van der Waals surface area (Å²) in [4.78, 5) is 48.6. The van der Waals surface area contributed by atoms with E-state index >= 15 is 0 Å². The van der Waals surface area contributed by atoms with E-state index in [4.69, 9.17) is 16.3 Å². The summed E-state index contributed by atoms with van der Waals surface area (Å²) in [6.07, 6.45) is 0.473. The van der Waals surface area contributed by atoms with Crippen LogP contribution in [0.15, 0.2) is 42.5 Å². The Morgan fingerprint density at radius 2 is 1.70 bits per heavy atom. The summed E-state index contributed by atoms with van der Waals surface area (Å²) in [6.45, 7) is 1.72. The van der Waals surface area contributed by atoms with Gasteiger partial charge in [0, 0.05) is 23.4 Å². The summed E-state index contributed by atoms with van der Waals surface area (Å²) in [6, 6.07) is 11.4. The molecule has 4 amide bonds. The molecule has 1 fully saturated rings. The number of amides is 4. The van der Waals surface area contributed by atoms with Gasteiger partial charge in [-0.2, -0.15) is 0 Å². The molecule has 0 saturated carbocycles. The normalized spacial score (nSPS) is 13.3. The van der Waals surface area contributed by atoms with Gasteiger partial charge in [0.1, 0.15) is 5.75 Å². The highest BCUT2D eigenvalue weighted by atomic mass is 35.5. The molecule has 3 rings (SSSR count). The highest BCUT2D eigenvalue weighted by Crippen LogP contribution is 2.21. The van der Waals surface area contributed by atoms with Gasteiger partial charge >= 0.3 is 0 Å². The maximum atomic E-state index is 12.2. The molecular formula is C21H20ClN3O5. The Hall–Kier alpha value is -3.39. The number of aryl methyl sites for hydroxylation is 1. The maximum Gasteiger partial charge on any atom is 0.276 e. The van der Waals surface area contributed by atoms with Crippen LogP contribution in [0.1, 0.15) is 34.3 Å². The summed E-state index contributed by atoms with van der Waals surface area (Å²) in [5.41, 5.74) is 6.44. The first kappa shape index (κ1) is 21.3. The van der Waals surface area contributed by atoms with Crippen LogP contribution in [0.3, 0.4) is 0 Å². The Balaban J connectivity index is 1.46. The predicted molar refractivity (Wildman–Crippen MR) is 109 cm³/mol. The Kier molecular flexibility index (Phi) is 6.68. The molecule has 9 heteroatoms. The van der Waals surface area contributed by atoms with Crippen LogP contribution in [0.4, 0.5) is 0 Å². The molecule has 0 aliphatic carbocycles. The molecule has 0 spiro atoms. The number of hydrogen-bond acceptors (Lipinski definition) is 5. The molecule has 0 atom stereocenters. The van der Waals surface area contributed by atoms with Crippen LogP contribution >= 0.6 is 11.6 Å². The SMILES string of the molecule is Cc1cc(OCC(=O)NNC(=O)c2ccc(CN3C(=O)CCC3=O)cc2)ccc1Cl. The fourth-order valence-corrected chi connectivity index (χ4v) is 2.95. The second-order valence-electron chi connectivity index (χ2n) is 6.77. The highest BCUT2D eigenvalue weighted by molar-refractivity contribution is 6.31. The highest BCUT2D eigenvalue weighted by Gasteiger charge is 2.28. The van der Waals surface area contributed by atoms with Crippen molar-refractivity contribution in [3.05, 3.63) is 64.2 Å². The average molecular weight is 430 g/mol. The van der Waals surface area contributed by atoms with E-state index in [0.29, 0.717) is 16.3 Å². The lowest BCUT2D eigenvalue weighted by Crippen LogP contribution is -2.43. The van der Waals surface area contributed by atoms with Crippen molar-refractivity contribution in [2.45, 2.75) is 26.3 Å². The number of benzene rings is 2. The van der Waals surface area contributed by atoms with Gasteiger partial charge in [0.25, 0.3) is 11.8 Å². The van der Waals surface area contributed by atoms with Crippen molar-refractivity contribution in [2.24, 2.45) is 0 Å². The van der Waals surface area contributed by atoms with Gasteiger partial charge in [-0.05, 0) is 48.4 Å². The molecule has 1 aliphatic rings. The molecule has 0 aromatic heterocycles. The van der Waals surface area contributed by atoms with E-state index in [1.807, 2.05) is 6.92 Å². The minimum atomic E-state index is -0.529. The van der Waals surface area contributed by atoms with Crippen molar-refractivity contribution < 1.29 is 23.9 Å². The van der Waals surface area contributed by atoms with Crippen LogP contribution in [0.2, 0.25) is 5.02 Å². The van der Waals surface area contributed by atoms with E-state index in [2.05, 4.69) is 10.9 Å². The molecular weight excluding hydrogens is 410 g/mol. The Morgan fingerprint density at radius 1 is 1.03 bits per heavy atom. The fourth-order valence-electron chi connectivity index (χ4n) is 2.83. The lowest BCUT2D eigenvalue weighted by Gasteiger charge is -2.14. The van der Waals surface area contributed by atoms with Crippen molar-refractivity contribution in [1.82, 2.24) is 15.8 Å². The summed E-state index contributed by atoms with van der Waals surface area (Å²) >= 11 is 5.94. The quantitative estimate of drug-likeness (QED) is 0.540. The minimum absolute atomic E-state index is 0.178. The van der Waals surface area contributed by atoms with Gasteiger partial charge in [-0.15, -0.1) is 0 Å². The molecule has 8 nitrogen and oxygen atoms in total. The first-order valence-corrected chi connectivity index (χ1v) is 9.61. The molecule has 2 N–H and O–H groups in total. The third kappa shape index (κ3) is 5.36. The Labute approximate surface area is 178 Å². The van der Waals surface area contributed by atoms with E-state index in [1.54, 1.807) is 42.5 Å². The molecule has 2 aromatic carbocycles. The fraction of sp³-hybridized carbons (Fsp3) is 0.238. The van der Waals surface area contributed by atoms with Crippen molar-refractivity contribution in [3.63, 3.8) is 0 Å². The second-order valence-corrected chi connectivity index (χ2v) is 7.18. The average Bonchev–Trinajstić information content (AvgIpc) is 3.05. The van der Waals surface area contributed by atoms with Crippen LogP contribution in [0, 0.1) is 6.92 Å². The van der Waals surface area contributed by atoms with E-state index in [9.17, 15) is 19.2 Å². The van der Waals surface area contributed by atoms with Crippen molar-refractivity contribution >= 4 is 35.2 Å². The van der Waals surface area contributed by atoms with Gasteiger partial charge < -0.3 is 4.74 Å². The largest absolute Gasteiger partial charge is 0.484 e. The molecule has 1 saturated heterocycles. The number of carbonyl (C=O) groups is 4. The smallest absolute Gasteiger partial charge is 0.276 e. The van der Waals surface area contributed by atoms with Crippen LogP contribution in [0.5, 0.6) is 5.75 Å². The van der Waals surface area contributed by atoms with Gasteiger partial charge in [-0.25, -0.2) is 0 Å². The Morgan fingerprint density at radius 3 is 2.33 bits per heavy atom. The number of carbonyl (C=O) groups excluding carboxylic acids is 4. The molecule has 1 aliphatic heterocycles. The molecule has 0 bridgehead atoms. The lowest BCUT2D eigenvalue weighted by atomic mass is 10.1. The number of hydrogen-bond donors (Lipinski definition) is 2. The van der Waals surface area contributed by atoms with Crippen molar-refractivity contribution in [2.75, 3.05) is 6.61 Å². The maximum absolute atomic E-state index is 12.2. The Bertz CT molecular complexity index is 975. The zero-order valence-electron chi connectivity index (χ0n) is 16.2. The number of hydrazine groups is 1. The van der Waals surface area contributed by atoms with Gasteiger partial charge in [0.2, 0.25) is 11.8 Å². The lowest BCUT2D eigenvalue weighted by molar-refractivity contribution is -0.139. The second kappa shape index (κ2) is 9.41. The summed E-state index contributed by atoms with van der Waals surface area (Å²) in [5.74, 6) is -0.936. The number of nitrogens with one attached hydrogen (secondary N) is 2. The molecule has 1 heterocycles. The molecule has 156 valence electrons. The first-order chi connectivity index (χ1) is 14.3. The number of halogens is 1. The first-order valence-electron chi connectivity index (χ1n) is 9.24. The number of ether oxygens (including phenoxy) is 1. The van der Waals surface area contributed by atoms with E-state index in [-0.39, 0.29) is 37.8 Å². The van der Waals surface area contributed by atoms with Crippen LogP contribution < -0.4 is 15.6 Å². The van der Waals surface area contributed by atoms with Crippen molar-refractivity contribution in [3.8, 4) is 5.75 Å². The van der Waals surface area contributed by atoms with E-state index in [0.717, 1.165) is 11.1 Å². The monoisotopic (exact) mass is 429 g/mol. The van der Waals surface area contributed by atoms with Gasteiger partial charge in [0.05, 0.1) is 6.54 Å². The topological polar surface area (TPSA) is 105 Å². The zero-order valence-corrected chi connectivity index (χ0v) is 17.0. The molecule has 0 radical (unpaired) electrons. The summed E-state index contributed by atoms with van der Waals surface area (Å²) in [5, 5.41) is 0.601. The molecule has 2 aromatic rings. The summed E-state index contributed by atoms with van der Waals surface area (Å²) in [7, 11) is 0. The van der Waals surface area contributed by atoms with E-state index < -0.39 is 11.8 Å². The molecule has 0 unspecified atom stereocenters. The third-order valence-corrected chi connectivity index (χ3v) is 4.95. The van der Waals surface area contributed by atoms with Gasteiger partial charge in [-0.1, -0.05) is 23.7 Å². The van der Waals surface area contributed by atoms with Crippen LogP contribution in [0.25, 0.3) is 0 Å². The number of rotatable bonds is 6. The summed E-state index contributed by atoms with van der Waals surface area (Å²) < 4.78 is 5.36. The van der Waals surface area contributed by atoms with Gasteiger partial charge in [0.15, 0.2) is 6.61 Å². The standard InChI is InChI=1S/C21H20ClN3O5/c1-13-10-16(6-7-17(13)22)30-12-18(26)23-24-21(29)15-4-2-14(3-5-15)11-25-19(27)8-9-20(25)28/h2-7,10H,8-9,11-12H2,1H3,(H,23,26)(H,24,29). The van der Waals surface area contributed by atoms with Crippen molar-refractivity contribution in [1.29, 1.82) is 0 Å². The molecule has 30 heavy (non-hydrogen) atoms. The number of likely N-dealkylation sites (tertiary alicyclic amines) is 1. The zero-order chi connectivity index (χ0) is 21.7. The van der Waals surface area contributed by atoms with Crippen LogP contribution in [-0.4, -0.2) is 35.1 Å². The number of nitrogens with zero attached hydrogens (tertiary/aromatic N) is 1. The van der Waals surface area contributed by atoms with Crippen LogP contribution in [-0.2, 0) is 20.9 Å². The third-order valence-electron chi connectivity index (χ3n) is 4.53. The van der Waals surface area contributed by atoms with E-state index in [1.165, 1.54) is 4.90 Å². The predicted octanol–water partition coefficient (Wildman–Crippen LogP) is 2.14. The minimum Gasteiger partial charge on any atom is -0.484 e. The number of imide groups is 1. The van der Waals surface area contributed by atoms with Gasteiger partial charge in [-0.3, -0.25) is 34.9 Å².